The highest BCUT2D eigenvalue weighted by molar-refractivity contribution is 7.26. The topological polar surface area (TPSA) is 18.1 Å². The summed E-state index contributed by atoms with van der Waals surface area (Å²) in [7, 11) is 0. The lowest BCUT2D eigenvalue weighted by atomic mass is 9.94. The molecule has 0 unspecified atom stereocenters. The van der Waals surface area contributed by atoms with E-state index in [1.54, 1.807) is 0 Å². The van der Waals surface area contributed by atoms with Crippen LogP contribution in [0.4, 0.5) is 0 Å². The van der Waals surface area contributed by atoms with Gasteiger partial charge in [0.15, 0.2) is 0 Å². The molecule has 0 amide bonds. The summed E-state index contributed by atoms with van der Waals surface area (Å²) in [5.41, 5.74) is 12.4. The smallest absolute Gasteiger partial charge is 0.143 e. The first-order chi connectivity index (χ1) is 27.3. The van der Waals surface area contributed by atoms with Crippen LogP contribution in [0.15, 0.2) is 192 Å². The lowest BCUT2D eigenvalue weighted by molar-refractivity contribution is 0.670. The first kappa shape index (κ1) is 30.5. The van der Waals surface area contributed by atoms with Crippen molar-refractivity contribution >= 4 is 86.0 Å². The second kappa shape index (κ2) is 11.8. The van der Waals surface area contributed by atoms with Crippen molar-refractivity contribution in [2.45, 2.75) is 0 Å². The zero-order valence-corrected chi connectivity index (χ0v) is 30.5. The van der Waals surface area contributed by atoms with E-state index in [1.165, 1.54) is 80.6 Å². The molecule has 3 aromatic heterocycles. The third-order valence-corrected chi connectivity index (χ3v) is 12.5. The summed E-state index contributed by atoms with van der Waals surface area (Å²) in [6.45, 7) is 0. The van der Waals surface area contributed by atoms with Gasteiger partial charge < -0.3 is 8.98 Å². The first-order valence-corrected chi connectivity index (χ1v) is 19.6. The number of benzene rings is 9. The molecule has 0 saturated carbocycles. The van der Waals surface area contributed by atoms with Crippen molar-refractivity contribution in [1.29, 1.82) is 0 Å². The van der Waals surface area contributed by atoms with E-state index in [4.69, 9.17) is 4.42 Å². The van der Waals surface area contributed by atoms with Crippen LogP contribution in [0.25, 0.3) is 114 Å². The van der Waals surface area contributed by atoms with E-state index in [0.717, 1.165) is 33.2 Å². The molecule has 0 aliphatic rings. The van der Waals surface area contributed by atoms with Crippen molar-refractivity contribution in [3.05, 3.63) is 188 Å². The second-order valence-corrected chi connectivity index (χ2v) is 15.5. The Kier molecular flexibility index (Phi) is 6.54. The van der Waals surface area contributed by atoms with Crippen LogP contribution in [-0.4, -0.2) is 4.57 Å². The quantitative estimate of drug-likeness (QED) is 0.177. The van der Waals surface area contributed by atoms with E-state index in [1.807, 2.05) is 11.3 Å². The van der Waals surface area contributed by atoms with E-state index in [9.17, 15) is 0 Å². The number of nitrogens with zero attached hydrogens (tertiary/aromatic N) is 1. The van der Waals surface area contributed by atoms with Gasteiger partial charge in [-0.2, -0.15) is 0 Å². The van der Waals surface area contributed by atoms with Crippen molar-refractivity contribution in [2.75, 3.05) is 0 Å². The van der Waals surface area contributed by atoms with E-state index in [-0.39, 0.29) is 0 Å². The van der Waals surface area contributed by atoms with Crippen LogP contribution in [0.1, 0.15) is 0 Å². The van der Waals surface area contributed by atoms with Crippen LogP contribution < -0.4 is 0 Å². The summed E-state index contributed by atoms with van der Waals surface area (Å²) in [6.07, 6.45) is 0. The van der Waals surface area contributed by atoms with Crippen LogP contribution in [0.2, 0.25) is 0 Å². The van der Waals surface area contributed by atoms with Gasteiger partial charge in [-0.15, -0.1) is 11.3 Å². The molecule has 55 heavy (non-hydrogen) atoms. The predicted octanol–water partition coefficient (Wildman–Crippen LogP) is 15.2. The van der Waals surface area contributed by atoms with Gasteiger partial charge in [0.1, 0.15) is 11.2 Å². The maximum absolute atomic E-state index is 6.72. The minimum atomic E-state index is 0.908. The number of rotatable bonds is 4. The van der Waals surface area contributed by atoms with Crippen molar-refractivity contribution in [1.82, 2.24) is 4.57 Å². The Hall–Kier alpha value is -6.94. The van der Waals surface area contributed by atoms with Crippen LogP contribution >= 0.6 is 11.3 Å². The molecule has 2 nitrogen and oxygen atoms in total. The Labute approximate surface area is 320 Å². The Morgan fingerprint density at radius 1 is 0.400 bits per heavy atom. The van der Waals surface area contributed by atoms with Crippen LogP contribution in [0.5, 0.6) is 0 Å². The molecule has 0 radical (unpaired) electrons. The summed E-state index contributed by atoms with van der Waals surface area (Å²) < 4.78 is 11.8. The van der Waals surface area contributed by atoms with Gasteiger partial charge >= 0.3 is 0 Å². The average molecular weight is 718 g/mol. The Bertz CT molecular complexity index is 3490. The Balaban J connectivity index is 1.26. The number of hydrogen-bond donors (Lipinski definition) is 0. The fraction of sp³-hybridized carbons (Fsp3) is 0. The summed E-state index contributed by atoms with van der Waals surface area (Å²) in [4.78, 5) is 0. The third-order valence-electron chi connectivity index (χ3n) is 11.4. The van der Waals surface area contributed by atoms with Gasteiger partial charge in [-0.25, -0.2) is 0 Å². The zero-order valence-electron chi connectivity index (χ0n) is 29.7. The van der Waals surface area contributed by atoms with Gasteiger partial charge in [-0.1, -0.05) is 146 Å². The maximum Gasteiger partial charge on any atom is 0.143 e. The van der Waals surface area contributed by atoms with Crippen molar-refractivity contribution in [3.8, 4) is 39.1 Å². The zero-order chi connectivity index (χ0) is 36.0. The SMILES string of the molecule is c1ccc(-c2cc(-c3cccc4ccccc34)cc(-n3c4ccccc4c4c(-c5cccc6c5oc5ccccc56)cc5sc6ccccc6c5c43)c2)cc1. The highest BCUT2D eigenvalue weighted by atomic mass is 32.1. The van der Waals surface area contributed by atoms with Crippen molar-refractivity contribution < 1.29 is 4.42 Å². The van der Waals surface area contributed by atoms with E-state index in [0.29, 0.717) is 0 Å². The lowest BCUT2D eigenvalue weighted by Gasteiger charge is -2.16. The molecule has 12 rings (SSSR count). The molecule has 0 fully saturated rings. The molecule has 3 heterocycles. The average Bonchev–Trinajstić information content (AvgIpc) is 3.93. The molecule has 256 valence electrons. The summed E-state index contributed by atoms with van der Waals surface area (Å²) in [5.74, 6) is 0. The molecule has 3 heteroatoms. The van der Waals surface area contributed by atoms with Gasteiger partial charge in [-0.05, 0) is 81.1 Å². The van der Waals surface area contributed by atoms with Crippen molar-refractivity contribution in [2.24, 2.45) is 0 Å². The minimum absolute atomic E-state index is 0.908. The third kappa shape index (κ3) is 4.54. The molecule has 0 N–H and O–H groups in total. The molecular formula is C52H31NOS. The van der Waals surface area contributed by atoms with Gasteiger partial charge in [0.05, 0.1) is 11.0 Å². The predicted molar refractivity (Wildman–Crippen MR) is 235 cm³/mol. The largest absolute Gasteiger partial charge is 0.455 e. The number of furan rings is 1. The minimum Gasteiger partial charge on any atom is -0.455 e. The molecule has 0 atom stereocenters. The molecule has 0 aliphatic carbocycles. The summed E-state index contributed by atoms with van der Waals surface area (Å²) in [5, 5.41) is 9.76. The highest BCUT2D eigenvalue weighted by Gasteiger charge is 2.24. The van der Waals surface area contributed by atoms with Crippen LogP contribution in [-0.2, 0) is 0 Å². The van der Waals surface area contributed by atoms with E-state index < -0.39 is 0 Å². The summed E-state index contributed by atoms with van der Waals surface area (Å²) >= 11 is 1.87. The Morgan fingerprint density at radius 2 is 1.07 bits per heavy atom. The van der Waals surface area contributed by atoms with Gasteiger partial charge in [0, 0.05) is 53.0 Å². The molecule has 12 aromatic rings. The normalized spacial score (nSPS) is 12.0. The number of aromatic nitrogens is 1. The fourth-order valence-corrected chi connectivity index (χ4v) is 10.1. The van der Waals surface area contributed by atoms with E-state index in [2.05, 4.69) is 193 Å². The molecule has 9 aromatic carbocycles. The molecule has 0 aliphatic heterocycles. The number of para-hydroxylation sites is 3. The van der Waals surface area contributed by atoms with Gasteiger partial charge in [0.25, 0.3) is 0 Å². The molecule has 0 spiro atoms. The van der Waals surface area contributed by atoms with Gasteiger partial charge in [-0.3, -0.25) is 0 Å². The van der Waals surface area contributed by atoms with Crippen LogP contribution in [0.3, 0.4) is 0 Å². The fourth-order valence-electron chi connectivity index (χ4n) is 8.97. The van der Waals surface area contributed by atoms with Gasteiger partial charge in [0.2, 0.25) is 0 Å². The second-order valence-electron chi connectivity index (χ2n) is 14.4. The monoisotopic (exact) mass is 717 g/mol. The highest BCUT2D eigenvalue weighted by Crippen LogP contribution is 2.49. The first-order valence-electron chi connectivity index (χ1n) is 18.8. The number of hydrogen-bond acceptors (Lipinski definition) is 2. The Morgan fingerprint density at radius 3 is 1.98 bits per heavy atom. The molecule has 0 saturated heterocycles. The molecular weight excluding hydrogens is 687 g/mol. The van der Waals surface area contributed by atoms with E-state index >= 15 is 0 Å². The van der Waals surface area contributed by atoms with Crippen LogP contribution in [0, 0.1) is 0 Å². The molecule has 0 bridgehead atoms. The standard InChI is InChI=1S/C52H31NOS/c1-2-14-32(15-3-1)34-28-35(38-22-12-17-33-16-4-5-18-37(33)38)30-36(29-34)53-45-25-9-6-20-42(45)49-44(31-48-50(51(49)53)43-21-8-11-27-47(43)55-48)41-24-13-23-40-39-19-7-10-26-46(39)54-52(40)41/h1-31H. The van der Waals surface area contributed by atoms with Crippen molar-refractivity contribution in [3.63, 3.8) is 0 Å². The maximum atomic E-state index is 6.72. The number of fused-ring (bicyclic) bond motifs is 11. The lowest BCUT2D eigenvalue weighted by Crippen LogP contribution is -1.97. The number of thiophene rings is 1. The summed E-state index contributed by atoms with van der Waals surface area (Å²) in [6, 6.07) is 68.5.